The van der Waals surface area contributed by atoms with E-state index in [0.29, 0.717) is 33.8 Å². The smallest absolute Gasteiger partial charge is 0.234 e. The van der Waals surface area contributed by atoms with Gasteiger partial charge in [0.05, 0.1) is 12.0 Å². The van der Waals surface area contributed by atoms with Gasteiger partial charge in [0.25, 0.3) is 0 Å². The molecule has 0 saturated heterocycles. The summed E-state index contributed by atoms with van der Waals surface area (Å²) in [5.41, 5.74) is 2.19. The van der Waals surface area contributed by atoms with Gasteiger partial charge in [-0.15, -0.1) is 0 Å². The highest BCUT2D eigenvalue weighted by atomic mass is 32.2. The number of allylic oxidation sites excluding steroid dienone is 5. The van der Waals surface area contributed by atoms with Crippen molar-refractivity contribution in [2.24, 2.45) is 22.7 Å². The molecule has 0 bridgehead atoms. The number of ether oxygens (including phenoxy) is 1. The Morgan fingerprint density at radius 3 is 2.69 bits per heavy atom. The van der Waals surface area contributed by atoms with E-state index < -0.39 is 0 Å². The summed E-state index contributed by atoms with van der Waals surface area (Å²) in [6, 6.07) is 5.61. The van der Waals surface area contributed by atoms with Crippen molar-refractivity contribution in [2.75, 3.05) is 7.11 Å². The molecule has 1 saturated carbocycles. The predicted octanol–water partition coefficient (Wildman–Crippen LogP) is 6.30. The number of hydrogen-bond donors (Lipinski definition) is 0. The number of pyridine rings is 1. The first kappa shape index (κ1) is 23.0. The van der Waals surface area contributed by atoms with Crippen LogP contribution in [0, 0.1) is 22.7 Å². The Bertz CT molecular complexity index is 1020. The van der Waals surface area contributed by atoms with Gasteiger partial charge in [0.2, 0.25) is 5.78 Å². The van der Waals surface area contributed by atoms with E-state index in [-0.39, 0.29) is 28.2 Å². The second-order valence-electron chi connectivity index (χ2n) is 10.0. The van der Waals surface area contributed by atoms with E-state index in [4.69, 9.17) is 4.74 Å². The second kappa shape index (κ2) is 8.66. The van der Waals surface area contributed by atoms with Crippen LogP contribution in [0.1, 0.15) is 59.8 Å². The Labute approximate surface area is 195 Å². The summed E-state index contributed by atoms with van der Waals surface area (Å²) in [5, 5.41) is 0.710. The van der Waals surface area contributed by atoms with Gasteiger partial charge in [0, 0.05) is 17.8 Å². The molecule has 4 rings (SSSR count). The van der Waals surface area contributed by atoms with Crippen LogP contribution in [0.5, 0.6) is 0 Å². The Hall–Kier alpha value is -2.14. The lowest BCUT2D eigenvalue weighted by atomic mass is 9.46. The first-order chi connectivity index (χ1) is 15.2. The first-order valence-electron chi connectivity index (χ1n) is 11.5. The molecule has 1 aromatic rings. The van der Waals surface area contributed by atoms with Gasteiger partial charge in [0.1, 0.15) is 5.03 Å². The maximum absolute atomic E-state index is 13.3. The molecule has 0 N–H and O–H groups in total. The Balaban J connectivity index is 1.78. The van der Waals surface area contributed by atoms with Gasteiger partial charge in [-0.05, 0) is 73.8 Å². The molecule has 3 aliphatic carbocycles. The van der Waals surface area contributed by atoms with Crippen LogP contribution < -0.4 is 0 Å². The van der Waals surface area contributed by atoms with Crippen LogP contribution in [-0.4, -0.2) is 23.7 Å². The Morgan fingerprint density at radius 2 is 2.00 bits per heavy atom. The quantitative estimate of drug-likeness (QED) is 0.388. The highest BCUT2D eigenvalue weighted by Gasteiger charge is 2.54. The van der Waals surface area contributed by atoms with E-state index >= 15 is 0 Å². The summed E-state index contributed by atoms with van der Waals surface area (Å²) in [4.78, 5) is 31.5. The van der Waals surface area contributed by atoms with E-state index in [1.807, 2.05) is 18.2 Å². The van der Waals surface area contributed by atoms with Crippen LogP contribution in [-0.2, 0) is 14.3 Å². The molecule has 3 aliphatic rings. The lowest BCUT2D eigenvalue weighted by Crippen LogP contribution is -2.50. The number of carbonyl (C=O) groups excluding carboxylic acids is 2. The lowest BCUT2D eigenvalue weighted by molar-refractivity contribution is -0.118. The number of nitrogens with zero attached hydrogens (tertiary/aromatic N) is 1. The normalized spacial score (nSPS) is 32.9. The van der Waals surface area contributed by atoms with Crippen molar-refractivity contribution in [3.8, 4) is 0 Å². The molecule has 0 amide bonds. The molecular formula is C27H33NO3S. The highest BCUT2D eigenvalue weighted by Crippen LogP contribution is 2.62. The van der Waals surface area contributed by atoms with Crippen molar-refractivity contribution in [1.82, 2.24) is 4.98 Å². The van der Waals surface area contributed by atoms with Crippen LogP contribution in [0.2, 0.25) is 0 Å². The van der Waals surface area contributed by atoms with E-state index in [0.717, 1.165) is 19.3 Å². The summed E-state index contributed by atoms with van der Waals surface area (Å²) in [6.07, 6.45) is 10.6. The summed E-state index contributed by atoms with van der Waals surface area (Å²) in [5.74, 6) is 0.736. The lowest BCUT2D eigenvalue weighted by Gasteiger charge is -2.58. The van der Waals surface area contributed by atoms with Crippen LogP contribution in [0.15, 0.2) is 63.4 Å². The molecule has 5 heteroatoms. The third kappa shape index (κ3) is 3.79. The first-order valence-corrected chi connectivity index (χ1v) is 12.4. The molecule has 4 atom stereocenters. The summed E-state index contributed by atoms with van der Waals surface area (Å²) in [7, 11) is 1.44. The minimum atomic E-state index is -0.215. The number of Topliss-reactive ketones (excluding diaryl/α,β-unsaturated/α-hetero) is 1. The number of ketones is 2. The minimum absolute atomic E-state index is 0.0673. The van der Waals surface area contributed by atoms with Gasteiger partial charge in [-0.25, -0.2) is 4.98 Å². The maximum Gasteiger partial charge on any atom is 0.234 e. The van der Waals surface area contributed by atoms with Crippen molar-refractivity contribution >= 4 is 23.3 Å². The van der Waals surface area contributed by atoms with Gasteiger partial charge in [-0.1, -0.05) is 50.2 Å². The van der Waals surface area contributed by atoms with Crippen LogP contribution >= 0.6 is 11.8 Å². The van der Waals surface area contributed by atoms with E-state index in [2.05, 4.69) is 38.8 Å². The molecule has 32 heavy (non-hydrogen) atoms. The molecule has 0 aromatic carbocycles. The monoisotopic (exact) mass is 451 g/mol. The second-order valence-corrected chi connectivity index (χ2v) is 11.1. The van der Waals surface area contributed by atoms with E-state index in [9.17, 15) is 9.59 Å². The Kier molecular flexibility index (Phi) is 6.23. The standard InChI is InChI=1S/C27H33NO3S/c1-17-9-8-10-22-26(17,3)13-12-18(2)27(22,4)16-19-20(29)15-21(31-5)24(30)25(19)32-23-11-6-7-14-28-23/h6-7,9,11,14-15,18,22H,8,10,12-13,16H2,1-5H3/t18-,22+,26+,27+/m0/s1. The molecular weight excluding hydrogens is 418 g/mol. The maximum atomic E-state index is 13.3. The molecule has 0 radical (unpaired) electrons. The van der Waals surface area contributed by atoms with Crippen molar-refractivity contribution in [3.05, 3.63) is 58.4 Å². The zero-order valence-electron chi connectivity index (χ0n) is 19.7. The average molecular weight is 452 g/mol. The fourth-order valence-corrected chi connectivity index (χ4v) is 7.12. The summed E-state index contributed by atoms with van der Waals surface area (Å²) >= 11 is 1.29. The topological polar surface area (TPSA) is 56.3 Å². The average Bonchev–Trinajstić information content (AvgIpc) is 2.78. The molecule has 0 unspecified atom stereocenters. The number of rotatable bonds is 5. The Morgan fingerprint density at radius 1 is 1.22 bits per heavy atom. The molecule has 0 spiro atoms. The molecule has 0 aliphatic heterocycles. The predicted molar refractivity (Wildman–Crippen MR) is 128 cm³/mol. The van der Waals surface area contributed by atoms with Crippen LogP contribution in [0.25, 0.3) is 0 Å². The molecule has 1 aromatic heterocycles. The van der Waals surface area contributed by atoms with Crippen molar-refractivity contribution in [3.63, 3.8) is 0 Å². The zero-order chi connectivity index (χ0) is 23.1. The van der Waals surface area contributed by atoms with Crippen molar-refractivity contribution in [2.45, 2.75) is 64.8 Å². The number of thioether (sulfide) groups is 1. The molecule has 1 fully saturated rings. The van der Waals surface area contributed by atoms with Crippen molar-refractivity contribution in [1.29, 1.82) is 0 Å². The highest BCUT2D eigenvalue weighted by molar-refractivity contribution is 8.04. The number of methoxy groups -OCH3 is 1. The number of aromatic nitrogens is 1. The number of fused-ring (bicyclic) bond motifs is 1. The van der Waals surface area contributed by atoms with Crippen LogP contribution in [0.4, 0.5) is 0 Å². The number of hydrogen-bond acceptors (Lipinski definition) is 5. The molecule has 1 heterocycles. The van der Waals surface area contributed by atoms with Gasteiger partial charge in [-0.3, -0.25) is 9.59 Å². The molecule has 4 nitrogen and oxygen atoms in total. The third-order valence-corrected chi connectivity index (χ3v) is 9.57. The fraction of sp³-hybridized carbons (Fsp3) is 0.519. The zero-order valence-corrected chi connectivity index (χ0v) is 20.6. The molecule has 170 valence electrons. The van der Waals surface area contributed by atoms with E-state index in [1.165, 1.54) is 36.9 Å². The number of carbonyl (C=O) groups is 2. The van der Waals surface area contributed by atoms with Crippen LogP contribution in [0.3, 0.4) is 0 Å². The van der Waals surface area contributed by atoms with Gasteiger partial charge < -0.3 is 4.74 Å². The fourth-order valence-electron chi connectivity index (χ4n) is 6.16. The van der Waals surface area contributed by atoms with Gasteiger partial charge in [0.15, 0.2) is 11.5 Å². The van der Waals surface area contributed by atoms with E-state index in [1.54, 1.807) is 6.20 Å². The minimum Gasteiger partial charge on any atom is -0.492 e. The van der Waals surface area contributed by atoms with Crippen molar-refractivity contribution < 1.29 is 14.3 Å². The van der Waals surface area contributed by atoms with Gasteiger partial charge in [-0.2, -0.15) is 0 Å². The summed E-state index contributed by atoms with van der Waals surface area (Å²) in [6.45, 7) is 9.35. The van der Waals surface area contributed by atoms with Gasteiger partial charge >= 0.3 is 0 Å². The third-order valence-electron chi connectivity index (χ3n) is 8.48. The SMILES string of the molecule is COC1=CC(=O)C(C[C@]2(C)[C@@H](C)CC[C@]3(C)C(C)=CCC[C@@H]23)=C(Sc2ccccn2)C1=O. The summed E-state index contributed by atoms with van der Waals surface area (Å²) < 4.78 is 5.26. The largest absolute Gasteiger partial charge is 0.492 e.